The molecular weight excluding hydrogens is 300 g/mol. The van der Waals surface area contributed by atoms with Crippen LogP contribution in [-0.2, 0) is 6.42 Å². The zero-order chi connectivity index (χ0) is 17.2. The highest BCUT2D eigenvalue weighted by Gasteiger charge is 2.08. The summed E-state index contributed by atoms with van der Waals surface area (Å²) < 4.78 is 0. The third kappa shape index (κ3) is 5.54. The molecule has 0 fully saturated rings. The van der Waals surface area contributed by atoms with Gasteiger partial charge in [-0.1, -0.05) is 43.7 Å². The molecule has 0 saturated carbocycles. The van der Waals surface area contributed by atoms with E-state index in [1.54, 1.807) is 24.3 Å². The molecule has 2 rings (SSSR count). The molecule has 0 aromatic heterocycles. The molecule has 0 atom stereocenters. The van der Waals surface area contributed by atoms with Crippen molar-refractivity contribution in [3.05, 3.63) is 71.3 Å². The Morgan fingerprint density at radius 2 is 1.33 bits per heavy atom. The lowest BCUT2D eigenvalue weighted by Gasteiger charge is -2.07. The van der Waals surface area contributed by atoms with Crippen LogP contribution in [0, 0.1) is 0 Å². The quantitative estimate of drug-likeness (QED) is 0.733. The SMILES string of the molecule is CCCCNC(=O)c1ccc(C(=O)NCCc2ccccc2)cc1. The summed E-state index contributed by atoms with van der Waals surface area (Å²) in [6, 6.07) is 16.8. The number of hydrogen-bond acceptors (Lipinski definition) is 2. The van der Waals surface area contributed by atoms with Gasteiger partial charge in [-0.2, -0.15) is 0 Å². The summed E-state index contributed by atoms with van der Waals surface area (Å²) in [5, 5.41) is 5.76. The van der Waals surface area contributed by atoms with E-state index in [1.165, 1.54) is 5.56 Å². The fraction of sp³-hybridized carbons (Fsp3) is 0.300. The average Bonchev–Trinajstić information content (AvgIpc) is 2.63. The number of carbonyl (C=O) groups is 2. The highest BCUT2D eigenvalue weighted by Crippen LogP contribution is 2.05. The summed E-state index contributed by atoms with van der Waals surface area (Å²) in [4.78, 5) is 24.0. The van der Waals surface area contributed by atoms with Gasteiger partial charge in [0.2, 0.25) is 0 Å². The van der Waals surface area contributed by atoms with Gasteiger partial charge in [0.25, 0.3) is 11.8 Å². The second kappa shape index (κ2) is 9.50. The molecule has 0 aliphatic heterocycles. The standard InChI is InChI=1S/C20H24N2O2/c1-2-3-14-21-19(23)17-9-11-18(12-10-17)20(24)22-15-13-16-7-5-4-6-8-16/h4-12H,2-3,13-15H2,1H3,(H,21,23)(H,22,24). The third-order valence-electron chi connectivity index (χ3n) is 3.77. The molecule has 2 amide bonds. The fourth-order valence-electron chi connectivity index (χ4n) is 2.32. The van der Waals surface area contributed by atoms with E-state index >= 15 is 0 Å². The van der Waals surface area contributed by atoms with E-state index in [1.807, 2.05) is 30.3 Å². The summed E-state index contributed by atoms with van der Waals surface area (Å²) >= 11 is 0. The minimum Gasteiger partial charge on any atom is -0.352 e. The molecule has 0 spiro atoms. The lowest BCUT2D eigenvalue weighted by atomic mass is 10.1. The molecule has 4 nitrogen and oxygen atoms in total. The van der Waals surface area contributed by atoms with Crippen LogP contribution in [0.25, 0.3) is 0 Å². The van der Waals surface area contributed by atoms with Gasteiger partial charge >= 0.3 is 0 Å². The summed E-state index contributed by atoms with van der Waals surface area (Å²) in [6.45, 7) is 3.34. The number of rotatable bonds is 8. The van der Waals surface area contributed by atoms with Crippen molar-refractivity contribution in [3.63, 3.8) is 0 Å². The fourth-order valence-corrected chi connectivity index (χ4v) is 2.32. The van der Waals surface area contributed by atoms with Crippen molar-refractivity contribution in [3.8, 4) is 0 Å². The highest BCUT2D eigenvalue weighted by molar-refractivity contribution is 5.97. The van der Waals surface area contributed by atoms with E-state index in [4.69, 9.17) is 0 Å². The number of hydrogen-bond donors (Lipinski definition) is 2. The van der Waals surface area contributed by atoms with Crippen molar-refractivity contribution in [2.45, 2.75) is 26.2 Å². The van der Waals surface area contributed by atoms with Gasteiger partial charge in [-0.15, -0.1) is 0 Å². The minimum absolute atomic E-state index is 0.0977. The van der Waals surface area contributed by atoms with Gasteiger partial charge < -0.3 is 10.6 Å². The Balaban J connectivity index is 1.81. The second-order valence-electron chi connectivity index (χ2n) is 5.68. The van der Waals surface area contributed by atoms with Gasteiger partial charge in [-0.25, -0.2) is 0 Å². The number of unbranched alkanes of at least 4 members (excludes halogenated alkanes) is 1. The maximum atomic E-state index is 12.1. The first-order valence-electron chi connectivity index (χ1n) is 8.41. The molecule has 0 radical (unpaired) electrons. The molecule has 126 valence electrons. The first-order valence-corrected chi connectivity index (χ1v) is 8.41. The van der Waals surface area contributed by atoms with E-state index in [9.17, 15) is 9.59 Å². The Kier molecular flexibility index (Phi) is 7.02. The topological polar surface area (TPSA) is 58.2 Å². The van der Waals surface area contributed by atoms with Crippen LogP contribution in [0.1, 0.15) is 46.0 Å². The Morgan fingerprint density at radius 1 is 0.792 bits per heavy atom. The first kappa shape index (κ1) is 17.7. The van der Waals surface area contributed by atoms with Crippen LogP contribution >= 0.6 is 0 Å². The van der Waals surface area contributed by atoms with Crippen molar-refractivity contribution < 1.29 is 9.59 Å². The van der Waals surface area contributed by atoms with Gasteiger partial charge in [0.15, 0.2) is 0 Å². The molecule has 2 aromatic carbocycles. The van der Waals surface area contributed by atoms with Crippen molar-refractivity contribution in [2.24, 2.45) is 0 Å². The summed E-state index contributed by atoms with van der Waals surface area (Å²) in [5.74, 6) is -0.219. The Hall–Kier alpha value is -2.62. The van der Waals surface area contributed by atoms with Gasteiger partial charge in [-0.05, 0) is 42.7 Å². The van der Waals surface area contributed by atoms with Crippen molar-refractivity contribution >= 4 is 11.8 Å². The zero-order valence-electron chi connectivity index (χ0n) is 14.0. The van der Waals surface area contributed by atoms with Crippen LogP contribution in [-0.4, -0.2) is 24.9 Å². The van der Waals surface area contributed by atoms with Crippen LogP contribution in [0.15, 0.2) is 54.6 Å². The monoisotopic (exact) mass is 324 g/mol. The predicted octanol–water partition coefficient (Wildman–Crippen LogP) is 3.19. The lowest BCUT2D eigenvalue weighted by Crippen LogP contribution is -2.26. The Bertz CT molecular complexity index is 651. The average molecular weight is 324 g/mol. The number of carbonyl (C=O) groups excluding carboxylic acids is 2. The van der Waals surface area contributed by atoms with Crippen LogP contribution in [0.4, 0.5) is 0 Å². The normalized spacial score (nSPS) is 10.2. The van der Waals surface area contributed by atoms with Crippen molar-refractivity contribution in [1.82, 2.24) is 10.6 Å². The molecular formula is C20H24N2O2. The molecule has 0 saturated heterocycles. The zero-order valence-corrected chi connectivity index (χ0v) is 14.0. The summed E-state index contributed by atoms with van der Waals surface area (Å²) in [7, 11) is 0. The molecule has 2 N–H and O–H groups in total. The largest absolute Gasteiger partial charge is 0.352 e. The maximum Gasteiger partial charge on any atom is 0.251 e. The maximum absolute atomic E-state index is 12.1. The minimum atomic E-state index is -0.121. The first-order chi connectivity index (χ1) is 11.7. The molecule has 0 aliphatic rings. The summed E-state index contributed by atoms with van der Waals surface area (Å²) in [5.41, 5.74) is 2.33. The van der Waals surface area contributed by atoms with E-state index in [0.29, 0.717) is 24.2 Å². The Morgan fingerprint density at radius 3 is 1.88 bits per heavy atom. The number of benzene rings is 2. The third-order valence-corrected chi connectivity index (χ3v) is 3.77. The summed E-state index contributed by atoms with van der Waals surface area (Å²) in [6.07, 6.45) is 2.81. The van der Waals surface area contributed by atoms with E-state index in [2.05, 4.69) is 17.6 Å². The molecule has 2 aromatic rings. The lowest BCUT2D eigenvalue weighted by molar-refractivity contribution is 0.0941. The molecule has 0 unspecified atom stereocenters. The van der Waals surface area contributed by atoms with E-state index < -0.39 is 0 Å². The van der Waals surface area contributed by atoms with Gasteiger partial charge in [0, 0.05) is 24.2 Å². The predicted molar refractivity (Wildman–Crippen MR) is 96.2 cm³/mol. The van der Waals surface area contributed by atoms with Crippen LogP contribution in [0.5, 0.6) is 0 Å². The molecule has 4 heteroatoms. The van der Waals surface area contributed by atoms with Crippen LogP contribution in [0.2, 0.25) is 0 Å². The molecule has 0 bridgehead atoms. The second-order valence-corrected chi connectivity index (χ2v) is 5.68. The number of amides is 2. The van der Waals surface area contributed by atoms with Gasteiger partial charge in [-0.3, -0.25) is 9.59 Å². The smallest absolute Gasteiger partial charge is 0.251 e. The van der Waals surface area contributed by atoms with E-state index in [-0.39, 0.29) is 11.8 Å². The Labute approximate surface area is 143 Å². The van der Waals surface area contributed by atoms with Gasteiger partial charge in [0.1, 0.15) is 0 Å². The molecule has 24 heavy (non-hydrogen) atoms. The highest BCUT2D eigenvalue weighted by atomic mass is 16.2. The molecule has 0 aliphatic carbocycles. The van der Waals surface area contributed by atoms with Crippen molar-refractivity contribution in [1.29, 1.82) is 0 Å². The van der Waals surface area contributed by atoms with Crippen LogP contribution in [0.3, 0.4) is 0 Å². The van der Waals surface area contributed by atoms with E-state index in [0.717, 1.165) is 19.3 Å². The number of nitrogens with one attached hydrogen (secondary N) is 2. The van der Waals surface area contributed by atoms with Gasteiger partial charge in [0.05, 0.1) is 0 Å². The molecule has 0 heterocycles. The van der Waals surface area contributed by atoms with Crippen LogP contribution < -0.4 is 10.6 Å². The van der Waals surface area contributed by atoms with Crippen molar-refractivity contribution in [2.75, 3.05) is 13.1 Å².